The largest absolute Gasteiger partial charge is 0.462 e. The molecule has 0 saturated heterocycles. The summed E-state index contributed by atoms with van der Waals surface area (Å²) >= 11 is 0. The van der Waals surface area contributed by atoms with Crippen molar-refractivity contribution < 1.29 is 9.53 Å². The topological polar surface area (TPSA) is 43.6 Å². The molecule has 2 aromatic rings. The summed E-state index contributed by atoms with van der Waals surface area (Å²) in [7, 11) is 0. The molecule has 1 aliphatic rings. The first-order chi connectivity index (χ1) is 11.3. The molecule has 4 heteroatoms. The summed E-state index contributed by atoms with van der Waals surface area (Å²) in [6, 6.07) is 4.06. The Labute approximate surface area is 137 Å². The number of ether oxygens (including phenoxy) is 1. The number of hydrogen-bond acceptors (Lipinski definition) is 3. The van der Waals surface area contributed by atoms with E-state index in [9.17, 15) is 4.79 Å². The molecule has 0 atom stereocenters. The molecular formula is C19H26N2O2. The van der Waals surface area contributed by atoms with Crippen molar-refractivity contribution in [3.63, 3.8) is 0 Å². The van der Waals surface area contributed by atoms with Gasteiger partial charge in [0.05, 0.1) is 23.9 Å². The van der Waals surface area contributed by atoms with Crippen LogP contribution in [0.2, 0.25) is 0 Å². The standard InChI is InChI=1S/C19H26N2O2/c1-2-23-19(22)16-14-20-21-13-9-12-17(21)18(16)15-10-7-5-3-4-6-8-11-15/h9,12-15H,2-8,10-11H2,1H3. The van der Waals surface area contributed by atoms with Crippen molar-refractivity contribution in [3.05, 3.63) is 35.7 Å². The SMILES string of the molecule is CCOC(=O)c1cnn2cccc2c1C1CCCCCCCC1. The summed E-state index contributed by atoms with van der Waals surface area (Å²) in [5.74, 6) is 0.187. The number of carbonyl (C=O) groups excluding carboxylic acids is 1. The van der Waals surface area contributed by atoms with Crippen molar-refractivity contribution in [3.8, 4) is 0 Å². The first-order valence-corrected chi connectivity index (χ1v) is 8.94. The Hall–Kier alpha value is -1.84. The molecule has 0 spiro atoms. The third kappa shape index (κ3) is 3.57. The summed E-state index contributed by atoms with van der Waals surface area (Å²) in [4.78, 5) is 12.4. The summed E-state index contributed by atoms with van der Waals surface area (Å²) in [5, 5.41) is 4.38. The third-order valence-corrected chi connectivity index (χ3v) is 4.86. The van der Waals surface area contributed by atoms with E-state index in [1.807, 2.05) is 23.7 Å². The molecule has 0 unspecified atom stereocenters. The Kier molecular flexibility index (Phi) is 5.31. The maximum Gasteiger partial charge on any atom is 0.340 e. The van der Waals surface area contributed by atoms with Crippen molar-refractivity contribution in [1.82, 2.24) is 9.61 Å². The van der Waals surface area contributed by atoms with Gasteiger partial charge in [-0.2, -0.15) is 5.10 Å². The predicted molar refractivity (Wildman–Crippen MR) is 90.8 cm³/mol. The number of carbonyl (C=O) groups is 1. The van der Waals surface area contributed by atoms with Gasteiger partial charge >= 0.3 is 5.97 Å². The molecule has 23 heavy (non-hydrogen) atoms. The lowest BCUT2D eigenvalue weighted by molar-refractivity contribution is 0.0523. The van der Waals surface area contributed by atoms with Gasteiger partial charge in [0.15, 0.2) is 0 Å². The van der Waals surface area contributed by atoms with E-state index in [2.05, 4.69) is 11.2 Å². The van der Waals surface area contributed by atoms with E-state index in [0.29, 0.717) is 18.1 Å². The molecule has 124 valence electrons. The van der Waals surface area contributed by atoms with Crippen LogP contribution in [0.3, 0.4) is 0 Å². The molecule has 1 saturated carbocycles. The van der Waals surface area contributed by atoms with Crippen LogP contribution in [0.4, 0.5) is 0 Å². The molecule has 2 heterocycles. The van der Waals surface area contributed by atoms with Gasteiger partial charge in [0.1, 0.15) is 0 Å². The zero-order valence-corrected chi connectivity index (χ0v) is 14.0. The average molecular weight is 314 g/mol. The minimum absolute atomic E-state index is 0.237. The lowest BCUT2D eigenvalue weighted by atomic mass is 9.87. The van der Waals surface area contributed by atoms with Crippen molar-refractivity contribution >= 4 is 11.5 Å². The van der Waals surface area contributed by atoms with Gasteiger partial charge in [-0.1, -0.05) is 38.5 Å². The van der Waals surface area contributed by atoms with Gasteiger partial charge in [0.2, 0.25) is 0 Å². The number of fused-ring (bicyclic) bond motifs is 1. The fourth-order valence-corrected chi connectivity index (χ4v) is 3.74. The first kappa shape index (κ1) is 16.0. The highest BCUT2D eigenvalue weighted by Crippen LogP contribution is 2.35. The van der Waals surface area contributed by atoms with Gasteiger partial charge in [-0.3, -0.25) is 0 Å². The molecular weight excluding hydrogens is 288 g/mol. The van der Waals surface area contributed by atoms with Crippen LogP contribution in [0.5, 0.6) is 0 Å². The van der Waals surface area contributed by atoms with E-state index in [1.54, 1.807) is 6.20 Å². The van der Waals surface area contributed by atoms with E-state index in [0.717, 1.165) is 23.9 Å². The summed E-state index contributed by atoms with van der Waals surface area (Å²) in [5.41, 5.74) is 2.85. The Bertz CT molecular complexity index is 652. The Morgan fingerprint density at radius 1 is 1.22 bits per heavy atom. The molecule has 4 nitrogen and oxygen atoms in total. The number of esters is 1. The highest BCUT2D eigenvalue weighted by molar-refractivity contribution is 5.93. The fraction of sp³-hybridized carbons (Fsp3) is 0.579. The van der Waals surface area contributed by atoms with Crippen LogP contribution in [0.25, 0.3) is 5.52 Å². The molecule has 0 aromatic carbocycles. The van der Waals surface area contributed by atoms with Gasteiger partial charge in [-0.05, 0) is 43.4 Å². The minimum Gasteiger partial charge on any atom is -0.462 e. The van der Waals surface area contributed by atoms with Crippen molar-refractivity contribution in [2.24, 2.45) is 0 Å². The number of aromatic nitrogens is 2. The van der Waals surface area contributed by atoms with Gasteiger partial charge in [0, 0.05) is 6.20 Å². The lowest BCUT2D eigenvalue weighted by Gasteiger charge is -2.20. The van der Waals surface area contributed by atoms with E-state index >= 15 is 0 Å². The van der Waals surface area contributed by atoms with E-state index in [1.165, 1.54) is 38.5 Å². The number of hydrogen-bond donors (Lipinski definition) is 0. The highest BCUT2D eigenvalue weighted by Gasteiger charge is 2.24. The molecule has 3 rings (SSSR count). The Morgan fingerprint density at radius 2 is 1.91 bits per heavy atom. The zero-order valence-electron chi connectivity index (χ0n) is 14.0. The van der Waals surface area contributed by atoms with E-state index < -0.39 is 0 Å². The number of nitrogens with zero attached hydrogens (tertiary/aromatic N) is 2. The number of rotatable bonds is 3. The summed E-state index contributed by atoms with van der Waals surface area (Å²) in [6.45, 7) is 2.25. The Balaban J connectivity index is 2.02. The van der Waals surface area contributed by atoms with Crippen molar-refractivity contribution in [2.45, 2.75) is 64.2 Å². The van der Waals surface area contributed by atoms with Crippen molar-refractivity contribution in [2.75, 3.05) is 6.61 Å². The summed E-state index contributed by atoms with van der Waals surface area (Å²) < 4.78 is 7.16. The van der Waals surface area contributed by atoms with Crippen LogP contribution in [0.1, 0.15) is 80.1 Å². The predicted octanol–water partition coefficient (Wildman–Crippen LogP) is 4.73. The van der Waals surface area contributed by atoms with Gasteiger partial charge < -0.3 is 4.74 Å². The maximum absolute atomic E-state index is 12.4. The fourth-order valence-electron chi connectivity index (χ4n) is 3.74. The Morgan fingerprint density at radius 3 is 2.61 bits per heavy atom. The second kappa shape index (κ2) is 7.62. The average Bonchev–Trinajstić information content (AvgIpc) is 3.07. The highest BCUT2D eigenvalue weighted by atomic mass is 16.5. The molecule has 0 N–H and O–H groups in total. The van der Waals surface area contributed by atoms with E-state index in [-0.39, 0.29) is 5.97 Å². The molecule has 2 aromatic heterocycles. The van der Waals surface area contributed by atoms with Crippen LogP contribution in [-0.4, -0.2) is 22.2 Å². The monoisotopic (exact) mass is 314 g/mol. The molecule has 0 bridgehead atoms. The third-order valence-electron chi connectivity index (χ3n) is 4.86. The van der Waals surface area contributed by atoms with Crippen molar-refractivity contribution in [1.29, 1.82) is 0 Å². The molecule has 0 aliphatic heterocycles. The van der Waals surface area contributed by atoms with Crippen LogP contribution in [0.15, 0.2) is 24.5 Å². The van der Waals surface area contributed by atoms with Crippen LogP contribution in [0, 0.1) is 0 Å². The van der Waals surface area contributed by atoms with E-state index in [4.69, 9.17) is 4.74 Å². The smallest absolute Gasteiger partial charge is 0.340 e. The normalized spacial score (nSPS) is 17.4. The van der Waals surface area contributed by atoms with Crippen LogP contribution < -0.4 is 0 Å². The molecule has 0 amide bonds. The summed E-state index contributed by atoms with van der Waals surface area (Å²) in [6.07, 6.45) is 13.7. The molecule has 0 radical (unpaired) electrons. The van der Waals surface area contributed by atoms with Crippen LogP contribution >= 0.6 is 0 Å². The minimum atomic E-state index is -0.237. The van der Waals surface area contributed by atoms with Crippen LogP contribution in [-0.2, 0) is 4.74 Å². The second-order valence-corrected chi connectivity index (χ2v) is 6.43. The molecule has 1 aliphatic carbocycles. The quantitative estimate of drug-likeness (QED) is 0.769. The lowest BCUT2D eigenvalue weighted by Crippen LogP contribution is -2.14. The molecule has 1 fully saturated rings. The second-order valence-electron chi connectivity index (χ2n) is 6.43. The van der Waals surface area contributed by atoms with Gasteiger partial charge in [-0.25, -0.2) is 9.31 Å². The first-order valence-electron chi connectivity index (χ1n) is 8.94. The van der Waals surface area contributed by atoms with Gasteiger partial charge in [0.25, 0.3) is 0 Å². The maximum atomic E-state index is 12.4. The zero-order chi connectivity index (χ0) is 16.1. The van der Waals surface area contributed by atoms with Gasteiger partial charge in [-0.15, -0.1) is 0 Å².